The van der Waals surface area contributed by atoms with Crippen LogP contribution in [0.4, 0.5) is 10.5 Å². The number of carbonyl (C=O) groups excluding carboxylic acids is 3. The van der Waals surface area contributed by atoms with Crippen molar-refractivity contribution in [1.29, 1.82) is 0 Å². The van der Waals surface area contributed by atoms with Crippen molar-refractivity contribution in [3.8, 4) is 23.0 Å². The molecule has 0 spiro atoms. The van der Waals surface area contributed by atoms with Gasteiger partial charge in [0.05, 0.1) is 0 Å². The second-order valence-corrected chi connectivity index (χ2v) is 8.40. The standard InChI is InChI=1S/C26H23N3O6/c1-16(23(30)27-18-9-11-20(12-10-18)35-19-6-4-3-5-7-19)29-24(31)26(2,28-25(29)32)17-8-13-21-22(14-17)34-15-33-21/h3-14,16H,15H2,1-2H3,(H,27,30)(H,28,32)/t16-,26+/m0/s1. The van der Waals surface area contributed by atoms with Crippen LogP contribution in [-0.2, 0) is 15.1 Å². The van der Waals surface area contributed by atoms with Crippen molar-refractivity contribution < 1.29 is 28.6 Å². The topological polar surface area (TPSA) is 106 Å². The minimum absolute atomic E-state index is 0.0957. The Morgan fingerprint density at radius 3 is 2.43 bits per heavy atom. The van der Waals surface area contributed by atoms with Gasteiger partial charge in [-0.3, -0.25) is 9.59 Å². The third-order valence-electron chi connectivity index (χ3n) is 6.04. The van der Waals surface area contributed by atoms with Gasteiger partial charge < -0.3 is 24.8 Å². The minimum Gasteiger partial charge on any atom is -0.457 e. The quantitative estimate of drug-likeness (QED) is 0.524. The van der Waals surface area contributed by atoms with E-state index in [0.717, 1.165) is 4.90 Å². The molecule has 2 heterocycles. The number of rotatable bonds is 6. The van der Waals surface area contributed by atoms with E-state index in [1.807, 2.05) is 30.3 Å². The highest BCUT2D eigenvalue weighted by Crippen LogP contribution is 2.38. The van der Waals surface area contributed by atoms with E-state index in [1.165, 1.54) is 6.92 Å². The predicted octanol–water partition coefficient (Wildman–Crippen LogP) is 4.00. The van der Waals surface area contributed by atoms with Gasteiger partial charge in [-0.05, 0) is 67.9 Å². The summed E-state index contributed by atoms with van der Waals surface area (Å²) in [6, 6.07) is 19.5. The molecule has 2 atom stereocenters. The molecule has 1 fully saturated rings. The lowest BCUT2D eigenvalue weighted by atomic mass is 9.91. The van der Waals surface area contributed by atoms with Gasteiger partial charge in [0.15, 0.2) is 11.5 Å². The molecule has 1 saturated heterocycles. The van der Waals surface area contributed by atoms with Crippen molar-refractivity contribution in [1.82, 2.24) is 10.2 Å². The maximum absolute atomic E-state index is 13.3. The molecule has 2 aliphatic heterocycles. The van der Waals surface area contributed by atoms with E-state index < -0.39 is 29.4 Å². The SMILES string of the molecule is C[C@@H](C(=O)Nc1ccc(Oc2ccccc2)cc1)N1C(=O)N[C@](C)(c2ccc3c(c2)OCO3)C1=O. The Morgan fingerprint density at radius 1 is 1.00 bits per heavy atom. The Balaban J connectivity index is 1.27. The molecule has 0 aliphatic carbocycles. The van der Waals surface area contributed by atoms with Gasteiger partial charge in [0, 0.05) is 5.69 Å². The third kappa shape index (κ3) is 4.12. The summed E-state index contributed by atoms with van der Waals surface area (Å²) in [4.78, 5) is 39.9. The molecule has 0 aromatic heterocycles. The zero-order valence-electron chi connectivity index (χ0n) is 19.1. The number of hydrogen-bond donors (Lipinski definition) is 2. The Kier molecular flexibility index (Phi) is 5.52. The van der Waals surface area contributed by atoms with E-state index >= 15 is 0 Å². The van der Waals surface area contributed by atoms with Crippen LogP contribution in [0.2, 0.25) is 0 Å². The van der Waals surface area contributed by atoms with E-state index in [0.29, 0.717) is 34.2 Å². The summed E-state index contributed by atoms with van der Waals surface area (Å²) in [5.41, 5.74) is -0.305. The molecule has 9 heteroatoms. The fourth-order valence-corrected chi connectivity index (χ4v) is 4.01. The molecule has 2 N–H and O–H groups in total. The van der Waals surface area contributed by atoms with Crippen molar-refractivity contribution >= 4 is 23.5 Å². The Labute approximate surface area is 201 Å². The van der Waals surface area contributed by atoms with Gasteiger partial charge >= 0.3 is 6.03 Å². The Hall–Kier alpha value is -4.53. The number of nitrogens with one attached hydrogen (secondary N) is 2. The molecule has 9 nitrogen and oxygen atoms in total. The Morgan fingerprint density at radius 2 is 1.69 bits per heavy atom. The van der Waals surface area contributed by atoms with Crippen molar-refractivity contribution in [2.75, 3.05) is 12.1 Å². The van der Waals surface area contributed by atoms with E-state index in [9.17, 15) is 14.4 Å². The fraction of sp³-hybridized carbons (Fsp3) is 0.192. The highest BCUT2D eigenvalue weighted by Gasteiger charge is 2.52. The summed E-state index contributed by atoms with van der Waals surface area (Å²) >= 11 is 0. The van der Waals surface area contributed by atoms with Gasteiger partial charge in [-0.1, -0.05) is 24.3 Å². The Bertz CT molecular complexity index is 1290. The summed E-state index contributed by atoms with van der Waals surface area (Å²) in [5.74, 6) is 1.34. The van der Waals surface area contributed by atoms with Crippen molar-refractivity contribution in [2.45, 2.75) is 25.4 Å². The number of fused-ring (bicyclic) bond motifs is 1. The van der Waals surface area contributed by atoms with Gasteiger partial charge in [-0.2, -0.15) is 0 Å². The highest BCUT2D eigenvalue weighted by atomic mass is 16.7. The van der Waals surface area contributed by atoms with E-state index in [2.05, 4.69) is 10.6 Å². The van der Waals surface area contributed by atoms with Crippen LogP contribution in [0, 0.1) is 0 Å². The van der Waals surface area contributed by atoms with Crippen LogP contribution in [-0.4, -0.2) is 35.6 Å². The lowest BCUT2D eigenvalue weighted by molar-refractivity contribution is -0.136. The second kappa shape index (κ2) is 8.68. The lowest BCUT2D eigenvalue weighted by Gasteiger charge is -2.24. The van der Waals surface area contributed by atoms with Crippen LogP contribution in [0.25, 0.3) is 0 Å². The van der Waals surface area contributed by atoms with E-state index in [-0.39, 0.29) is 6.79 Å². The fourth-order valence-electron chi connectivity index (χ4n) is 4.01. The van der Waals surface area contributed by atoms with Gasteiger partial charge in [-0.25, -0.2) is 9.69 Å². The first-order chi connectivity index (χ1) is 16.8. The van der Waals surface area contributed by atoms with E-state index in [1.54, 1.807) is 49.4 Å². The number of anilines is 1. The molecule has 35 heavy (non-hydrogen) atoms. The van der Waals surface area contributed by atoms with Crippen LogP contribution in [0.1, 0.15) is 19.4 Å². The molecule has 0 saturated carbocycles. The summed E-state index contributed by atoms with van der Waals surface area (Å²) in [5, 5.41) is 5.46. The highest BCUT2D eigenvalue weighted by molar-refractivity contribution is 6.11. The van der Waals surface area contributed by atoms with Crippen LogP contribution in [0.3, 0.4) is 0 Å². The summed E-state index contributed by atoms with van der Waals surface area (Å²) in [6.45, 7) is 3.20. The number of nitrogens with zero attached hydrogens (tertiary/aromatic N) is 1. The first kappa shape index (κ1) is 22.3. The number of imide groups is 1. The zero-order valence-corrected chi connectivity index (χ0v) is 19.1. The molecule has 0 bridgehead atoms. The molecule has 5 rings (SSSR count). The number of para-hydroxylation sites is 1. The monoisotopic (exact) mass is 473 g/mol. The zero-order chi connectivity index (χ0) is 24.6. The van der Waals surface area contributed by atoms with Crippen molar-refractivity contribution in [3.63, 3.8) is 0 Å². The molecule has 0 radical (unpaired) electrons. The molecule has 178 valence electrons. The maximum Gasteiger partial charge on any atom is 0.326 e. The molecular weight excluding hydrogens is 450 g/mol. The number of benzene rings is 3. The predicted molar refractivity (Wildman–Crippen MR) is 126 cm³/mol. The van der Waals surface area contributed by atoms with Gasteiger partial charge in [0.25, 0.3) is 5.91 Å². The second-order valence-electron chi connectivity index (χ2n) is 8.40. The average molecular weight is 473 g/mol. The first-order valence-corrected chi connectivity index (χ1v) is 11.0. The maximum atomic E-state index is 13.3. The molecule has 2 aliphatic rings. The number of carbonyl (C=O) groups is 3. The average Bonchev–Trinajstić information content (AvgIpc) is 3.42. The minimum atomic E-state index is -1.34. The number of urea groups is 1. The van der Waals surface area contributed by atoms with Gasteiger partial charge in [0.2, 0.25) is 12.7 Å². The number of hydrogen-bond acceptors (Lipinski definition) is 6. The lowest BCUT2D eigenvalue weighted by Crippen LogP contribution is -2.47. The van der Waals surface area contributed by atoms with Gasteiger partial charge in [0.1, 0.15) is 23.1 Å². The van der Waals surface area contributed by atoms with Crippen LogP contribution in [0.5, 0.6) is 23.0 Å². The molecule has 3 aromatic carbocycles. The van der Waals surface area contributed by atoms with Crippen molar-refractivity contribution in [3.05, 3.63) is 78.4 Å². The number of amides is 4. The summed E-state index contributed by atoms with van der Waals surface area (Å²) in [7, 11) is 0. The molecule has 4 amide bonds. The molecular formula is C26H23N3O6. The summed E-state index contributed by atoms with van der Waals surface area (Å²) < 4.78 is 16.5. The van der Waals surface area contributed by atoms with Crippen LogP contribution >= 0.6 is 0 Å². The molecule has 3 aromatic rings. The smallest absolute Gasteiger partial charge is 0.326 e. The third-order valence-corrected chi connectivity index (χ3v) is 6.04. The van der Waals surface area contributed by atoms with Crippen LogP contribution < -0.4 is 24.8 Å². The van der Waals surface area contributed by atoms with Gasteiger partial charge in [-0.15, -0.1) is 0 Å². The van der Waals surface area contributed by atoms with Crippen molar-refractivity contribution in [2.24, 2.45) is 0 Å². The number of ether oxygens (including phenoxy) is 3. The first-order valence-electron chi connectivity index (χ1n) is 11.0. The molecule has 0 unspecified atom stereocenters. The normalized spacial score (nSPS) is 19.3. The van der Waals surface area contributed by atoms with Crippen LogP contribution in [0.15, 0.2) is 72.8 Å². The summed E-state index contributed by atoms with van der Waals surface area (Å²) in [6.07, 6.45) is 0. The van der Waals surface area contributed by atoms with E-state index in [4.69, 9.17) is 14.2 Å². The largest absolute Gasteiger partial charge is 0.457 e.